The molecule has 1 atom stereocenters. The minimum absolute atomic E-state index is 0.0534. The minimum atomic E-state index is -0.0534. The number of amides is 1. The molecule has 1 heterocycles. The molecule has 0 saturated carbocycles. The second kappa shape index (κ2) is 9.50. The Kier molecular flexibility index (Phi) is 6.80. The maximum absolute atomic E-state index is 12.6. The van der Waals surface area contributed by atoms with Gasteiger partial charge in [-0.25, -0.2) is 0 Å². The van der Waals surface area contributed by atoms with Gasteiger partial charge in [-0.1, -0.05) is 31.2 Å². The van der Waals surface area contributed by atoms with Crippen LogP contribution in [0.25, 0.3) is 0 Å². The summed E-state index contributed by atoms with van der Waals surface area (Å²) in [5.74, 6) is 0.0924. The van der Waals surface area contributed by atoms with Crippen LogP contribution in [0.2, 0.25) is 0 Å². The summed E-state index contributed by atoms with van der Waals surface area (Å²) in [6.45, 7) is 9.22. The average Bonchev–Trinajstić information content (AvgIpc) is 2.75. The molecule has 0 bridgehead atoms. The summed E-state index contributed by atoms with van der Waals surface area (Å²) in [5.41, 5.74) is 4.12. The van der Waals surface area contributed by atoms with Crippen molar-refractivity contribution in [1.29, 1.82) is 5.26 Å². The largest absolute Gasteiger partial charge is 0.322 e. The molecule has 0 radical (unpaired) electrons. The summed E-state index contributed by atoms with van der Waals surface area (Å²) in [5, 5.41) is 12.0. The Balaban J connectivity index is 1.47. The summed E-state index contributed by atoms with van der Waals surface area (Å²) in [6.07, 6.45) is 1.00. The van der Waals surface area contributed by atoms with Crippen molar-refractivity contribution in [1.82, 2.24) is 0 Å². The summed E-state index contributed by atoms with van der Waals surface area (Å²) >= 11 is 0. The van der Waals surface area contributed by atoms with Crippen molar-refractivity contribution in [2.75, 3.05) is 31.5 Å². The van der Waals surface area contributed by atoms with E-state index in [-0.39, 0.29) is 11.9 Å². The van der Waals surface area contributed by atoms with E-state index in [1.807, 2.05) is 43.3 Å². The summed E-state index contributed by atoms with van der Waals surface area (Å²) in [6, 6.07) is 18.1. The number of hydrogen-bond donors (Lipinski definition) is 3. The van der Waals surface area contributed by atoms with Crippen LogP contribution in [0.4, 0.5) is 5.69 Å². The number of nitrogens with one attached hydrogen (secondary N) is 3. The van der Waals surface area contributed by atoms with Gasteiger partial charge in [0.25, 0.3) is 5.91 Å². The van der Waals surface area contributed by atoms with E-state index in [1.165, 1.54) is 20.9 Å². The molecule has 1 saturated heterocycles. The van der Waals surface area contributed by atoms with Crippen molar-refractivity contribution in [2.45, 2.75) is 32.9 Å². The molecule has 0 aromatic heterocycles. The SMILES string of the molecule is CCc1ccc(NC(=O)[C@H](C)[NH+]2CC[NH+](Cc3ccc(C#N)cc3)CC2)cc1. The number of nitrogens with zero attached hydrogens (tertiary/aromatic N) is 1. The van der Waals surface area contributed by atoms with Crippen molar-refractivity contribution in [3.63, 3.8) is 0 Å². The molecule has 5 nitrogen and oxygen atoms in total. The van der Waals surface area contributed by atoms with Crippen molar-refractivity contribution in [3.8, 4) is 6.07 Å². The highest BCUT2D eigenvalue weighted by atomic mass is 16.2. The van der Waals surface area contributed by atoms with Crippen LogP contribution >= 0.6 is 0 Å². The second-order valence-corrected chi connectivity index (χ2v) is 7.66. The fourth-order valence-corrected chi connectivity index (χ4v) is 3.78. The number of hydrogen-bond acceptors (Lipinski definition) is 2. The molecule has 5 heteroatoms. The van der Waals surface area contributed by atoms with E-state index in [0.29, 0.717) is 5.56 Å². The van der Waals surface area contributed by atoms with Crippen LogP contribution < -0.4 is 15.1 Å². The normalized spacial score (nSPS) is 20.2. The van der Waals surface area contributed by atoms with Gasteiger partial charge in [-0.2, -0.15) is 5.26 Å². The maximum Gasteiger partial charge on any atom is 0.282 e. The number of carbonyl (C=O) groups is 1. The van der Waals surface area contributed by atoms with Crippen molar-refractivity contribution in [3.05, 3.63) is 65.2 Å². The summed E-state index contributed by atoms with van der Waals surface area (Å²) < 4.78 is 0. The number of piperazine rings is 1. The second-order valence-electron chi connectivity index (χ2n) is 7.66. The van der Waals surface area contributed by atoms with E-state index in [1.54, 1.807) is 0 Å². The van der Waals surface area contributed by atoms with Crippen molar-refractivity contribution in [2.24, 2.45) is 0 Å². The first-order valence-corrected chi connectivity index (χ1v) is 10.2. The number of benzene rings is 2. The highest BCUT2D eigenvalue weighted by Crippen LogP contribution is 2.10. The quantitative estimate of drug-likeness (QED) is 0.683. The number of rotatable bonds is 6. The van der Waals surface area contributed by atoms with Gasteiger partial charge >= 0.3 is 0 Å². The van der Waals surface area contributed by atoms with Crippen LogP contribution in [0.1, 0.15) is 30.5 Å². The van der Waals surface area contributed by atoms with E-state index in [9.17, 15) is 4.79 Å². The highest BCUT2D eigenvalue weighted by Gasteiger charge is 2.31. The zero-order valence-electron chi connectivity index (χ0n) is 16.8. The Morgan fingerprint density at radius 1 is 1.04 bits per heavy atom. The van der Waals surface area contributed by atoms with Crippen molar-refractivity contribution >= 4 is 11.6 Å². The maximum atomic E-state index is 12.6. The Hall–Kier alpha value is -2.68. The van der Waals surface area contributed by atoms with E-state index >= 15 is 0 Å². The third-order valence-corrected chi connectivity index (χ3v) is 5.77. The lowest BCUT2D eigenvalue weighted by molar-refractivity contribution is -1.02. The third kappa shape index (κ3) is 5.19. The zero-order valence-corrected chi connectivity index (χ0v) is 16.8. The molecule has 2 aromatic carbocycles. The van der Waals surface area contributed by atoms with Gasteiger partial charge in [-0.3, -0.25) is 4.79 Å². The first-order chi connectivity index (χ1) is 13.6. The Bertz CT molecular complexity index is 815. The van der Waals surface area contributed by atoms with Gasteiger partial charge < -0.3 is 15.1 Å². The predicted octanol–water partition coefficient (Wildman–Crippen LogP) is 0.431. The lowest BCUT2D eigenvalue weighted by Crippen LogP contribution is -3.29. The van der Waals surface area contributed by atoms with Crippen LogP contribution in [-0.4, -0.2) is 38.1 Å². The zero-order chi connectivity index (χ0) is 19.9. The van der Waals surface area contributed by atoms with Crippen molar-refractivity contribution < 1.29 is 14.6 Å². The molecule has 2 aromatic rings. The van der Waals surface area contributed by atoms with Gasteiger partial charge in [0, 0.05) is 11.3 Å². The molecule has 146 valence electrons. The molecule has 0 unspecified atom stereocenters. The van der Waals surface area contributed by atoms with E-state index in [4.69, 9.17) is 5.26 Å². The third-order valence-electron chi connectivity index (χ3n) is 5.77. The van der Waals surface area contributed by atoms with E-state index in [2.05, 4.69) is 30.4 Å². The number of carbonyl (C=O) groups excluding carboxylic acids is 1. The standard InChI is InChI=1S/C23H28N4O/c1-3-19-8-10-22(11-9-19)25-23(28)18(2)27-14-12-26(13-15-27)17-21-6-4-20(16-24)5-7-21/h4-11,18H,3,12-15,17H2,1-2H3,(H,25,28)/p+2/t18-/m0/s1. The average molecular weight is 379 g/mol. The van der Waals surface area contributed by atoms with Crippen LogP contribution in [-0.2, 0) is 17.8 Å². The Morgan fingerprint density at radius 3 is 2.21 bits per heavy atom. The van der Waals surface area contributed by atoms with Crippen LogP contribution in [0.15, 0.2) is 48.5 Å². The molecular weight excluding hydrogens is 348 g/mol. The predicted molar refractivity (Wildman–Crippen MR) is 110 cm³/mol. The monoisotopic (exact) mass is 378 g/mol. The lowest BCUT2D eigenvalue weighted by atomic mass is 10.1. The van der Waals surface area contributed by atoms with Gasteiger partial charge in [0.05, 0.1) is 11.6 Å². The van der Waals surface area contributed by atoms with Gasteiger partial charge in [-0.05, 0) is 43.2 Å². The molecule has 0 aliphatic carbocycles. The number of quaternary nitrogens is 2. The fourth-order valence-electron chi connectivity index (χ4n) is 3.78. The first kappa shape index (κ1) is 20.1. The molecule has 1 aliphatic rings. The Morgan fingerprint density at radius 2 is 1.64 bits per heavy atom. The highest BCUT2D eigenvalue weighted by molar-refractivity contribution is 5.93. The molecule has 3 rings (SSSR count). The van der Waals surface area contributed by atoms with Crippen LogP contribution in [0, 0.1) is 11.3 Å². The molecule has 3 N–H and O–H groups in total. The molecule has 28 heavy (non-hydrogen) atoms. The van der Waals surface area contributed by atoms with E-state index in [0.717, 1.165) is 44.8 Å². The number of nitriles is 1. The van der Waals surface area contributed by atoms with Gasteiger partial charge in [0.2, 0.25) is 0 Å². The Labute approximate surface area is 167 Å². The molecular formula is C23H30N4O+2. The summed E-state index contributed by atoms with van der Waals surface area (Å²) in [4.78, 5) is 15.5. The van der Waals surface area contributed by atoms with Crippen LogP contribution in [0.5, 0.6) is 0 Å². The molecule has 1 amide bonds. The summed E-state index contributed by atoms with van der Waals surface area (Å²) in [7, 11) is 0. The fraction of sp³-hybridized carbons (Fsp3) is 0.391. The molecule has 1 fully saturated rings. The lowest BCUT2D eigenvalue weighted by Gasteiger charge is -2.32. The van der Waals surface area contributed by atoms with Gasteiger partial charge in [0.15, 0.2) is 6.04 Å². The first-order valence-electron chi connectivity index (χ1n) is 10.2. The van der Waals surface area contributed by atoms with E-state index < -0.39 is 0 Å². The number of anilines is 1. The van der Waals surface area contributed by atoms with Crippen LogP contribution in [0.3, 0.4) is 0 Å². The van der Waals surface area contributed by atoms with Gasteiger partial charge in [0.1, 0.15) is 32.7 Å². The smallest absolute Gasteiger partial charge is 0.282 e. The molecule has 0 spiro atoms. The molecule has 1 aliphatic heterocycles. The topological polar surface area (TPSA) is 61.8 Å². The van der Waals surface area contributed by atoms with Gasteiger partial charge in [-0.15, -0.1) is 0 Å². The number of aryl methyl sites for hydroxylation is 1. The minimum Gasteiger partial charge on any atom is -0.322 e.